The molecule has 0 spiro atoms. The quantitative estimate of drug-likeness (QED) is 0.333. The SMILES string of the molecule is COc1ccc(-c2nc(CCc3c[nH]c4ccccc34)oc2-c2ccc(OC)cc2)cc1. The van der Waals surface area contributed by atoms with Crippen LogP contribution in [-0.2, 0) is 12.8 Å². The fourth-order valence-corrected chi connectivity index (χ4v) is 3.93. The molecule has 0 saturated heterocycles. The summed E-state index contributed by atoms with van der Waals surface area (Å²) in [5, 5.41) is 1.24. The number of ether oxygens (including phenoxy) is 2. The second-order valence-corrected chi connectivity index (χ2v) is 7.60. The van der Waals surface area contributed by atoms with Crippen molar-refractivity contribution in [2.75, 3.05) is 14.2 Å². The number of nitrogens with zero attached hydrogens (tertiary/aromatic N) is 1. The van der Waals surface area contributed by atoms with Gasteiger partial charge in [-0.05, 0) is 66.6 Å². The zero-order chi connectivity index (χ0) is 21.9. The molecule has 160 valence electrons. The van der Waals surface area contributed by atoms with E-state index in [0.717, 1.165) is 46.0 Å². The lowest BCUT2D eigenvalue weighted by Crippen LogP contribution is -1.91. The number of hydrogen-bond acceptors (Lipinski definition) is 4. The number of nitrogens with one attached hydrogen (secondary N) is 1. The van der Waals surface area contributed by atoms with Crippen molar-refractivity contribution in [1.29, 1.82) is 0 Å². The third-order valence-electron chi connectivity index (χ3n) is 5.67. The molecule has 5 rings (SSSR count). The third kappa shape index (κ3) is 3.85. The summed E-state index contributed by atoms with van der Waals surface area (Å²) in [4.78, 5) is 8.23. The van der Waals surface area contributed by atoms with Crippen LogP contribution >= 0.6 is 0 Å². The van der Waals surface area contributed by atoms with E-state index in [-0.39, 0.29) is 0 Å². The zero-order valence-corrected chi connectivity index (χ0v) is 18.1. The number of fused-ring (bicyclic) bond motifs is 1. The van der Waals surface area contributed by atoms with E-state index in [1.165, 1.54) is 10.9 Å². The van der Waals surface area contributed by atoms with Crippen LogP contribution in [0.4, 0.5) is 0 Å². The number of aromatic nitrogens is 2. The molecule has 32 heavy (non-hydrogen) atoms. The molecule has 3 aromatic carbocycles. The number of hydrogen-bond donors (Lipinski definition) is 1. The van der Waals surface area contributed by atoms with Crippen molar-refractivity contribution in [1.82, 2.24) is 9.97 Å². The molecule has 5 aromatic rings. The Balaban J connectivity index is 1.49. The van der Waals surface area contributed by atoms with Gasteiger partial charge in [-0.15, -0.1) is 0 Å². The van der Waals surface area contributed by atoms with Gasteiger partial charge in [0.1, 0.15) is 17.2 Å². The molecular formula is C27H24N2O3. The Labute approximate surface area is 186 Å². The second-order valence-electron chi connectivity index (χ2n) is 7.60. The maximum absolute atomic E-state index is 6.30. The second kappa shape index (κ2) is 8.63. The number of methoxy groups -OCH3 is 2. The van der Waals surface area contributed by atoms with Crippen LogP contribution in [0.2, 0.25) is 0 Å². The standard InChI is InChI=1S/C27H24N2O3/c1-30-21-12-7-18(8-13-21)26-27(19-9-14-22(31-2)15-10-19)32-25(29-26)16-11-20-17-28-24-6-4-3-5-23(20)24/h3-10,12-15,17,28H,11,16H2,1-2H3. The molecule has 0 aliphatic carbocycles. The Bertz CT molecular complexity index is 1270. The van der Waals surface area contributed by atoms with E-state index in [9.17, 15) is 0 Å². The van der Waals surface area contributed by atoms with E-state index in [4.69, 9.17) is 18.9 Å². The predicted octanol–water partition coefficient (Wildman–Crippen LogP) is 6.29. The van der Waals surface area contributed by atoms with Gasteiger partial charge in [0.05, 0.1) is 14.2 Å². The van der Waals surface area contributed by atoms with Crippen LogP contribution in [0.3, 0.4) is 0 Å². The molecular weight excluding hydrogens is 400 g/mol. The summed E-state index contributed by atoms with van der Waals surface area (Å²) < 4.78 is 16.9. The molecule has 0 aliphatic heterocycles. The molecule has 0 fully saturated rings. The van der Waals surface area contributed by atoms with Crippen LogP contribution in [0.15, 0.2) is 83.4 Å². The molecule has 2 heterocycles. The molecule has 5 heteroatoms. The first-order chi connectivity index (χ1) is 15.7. The van der Waals surface area contributed by atoms with Gasteiger partial charge in [-0.25, -0.2) is 4.98 Å². The maximum atomic E-state index is 6.30. The summed E-state index contributed by atoms with van der Waals surface area (Å²) in [6.07, 6.45) is 3.62. The van der Waals surface area contributed by atoms with E-state index in [1.807, 2.05) is 54.6 Å². The summed E-state index contributed by atoms with van der Waals surface area (Å²) in [5.41, 5.74) is 5.18. The lowest BCUT2D eigenvalue weighted by atomic mass is 10.1. The molecule has 1 N–H and O–H groups in total. The smallest absolute Gasteiger partial charge is 0.195 e. The maximum Gasteiger partial charge on any atom is 0.195 e. The van der Waals surface area contributed by atoms with Gasteiger partial charge >= 0.3 is 0 Å². The van der Waals surface area contributed by atoms with Crippen LogP contribution < -0.4 is 9.47 Å². The molecule has 0 aliphatic rings. The predicted molar refractivity (Wildman–Crippen MR) is 126 cm³/mol. The normalized spacial score (nSPS) is 11.1. The van der Waals surface area contributed by atoms with Crippen molar-refractivity contribution in [2.45, 2.75) is 12.8 Å². The van der Waals surface area contributed by atoms with Gasteiger partial charge in [-0.1, -0.05) is 18.2 Å². The van der Waals surface area contributed by atoms with Crippen molar-refractivity contribution in [3.63, 3.8) is 0 Å². The first kappa shape index (κ1) is 19.9. The summed E-state index contributed by atoms with van der Waals surface area (Å²) in [7, 11) is 3.33. The molecule has 0 bridgehead atoms. The van der Waals surface area contributed by atoms with Gasteiger partial charge in [0.25, 0.3) is 0 Å². The largest absolute Gasteiger partial charge is 0.497 e. The highest BCUT2D eigenvalue weighted by molar-refractivity contribution is 5.83. The summed E-state index contributed by atoms with van der Waals surface area (Å²) >= 11 is 0. The van der Waals surface area contributed by atoms with Crippen molar-refractivity contribution in [2.24, 2.45) is 0 Å². The van der Waals surface area contributed by atoms with Crippen molar-refractivity contribution >= 4 is 10.9 Å². The summed E-state index contributed by atoms with van der Waals surface area (Å²) in [5.74, 6) is 3.08. The highest BCUT2D eigenvalue weighted by atomic mass is 16.5. The number of rotatable bonds is 7. The summed E-state index contributed by atoms with van der Waals surface area (Å²) in [6, 6.07) is 24.1. The Morgan fingerprint density at radius 2 is 1.44 bits per heavy atom. The highest BCUT2D eigenvalue weighted by Crippen LogP contribution is 2.34. The Morgan fingerprint density at radius 3 is 2.12 bits per heavy atom. The highest BCUT2D eigenvalue weighted by Gasteiger charge is 2.18. The van der Waals surface area contributed by atoms with E-state index in [0.29, 0.717) is 12.3 Å². The third-order valence-corrected chi connectivity index (χ3v) is 5.67. The number of aryl methyl sites for hydroxylation is 2. The number of H-pyrrole nitrogens is 1. The molecule has 2 aromatic heterocycles. The average molecular weight is 425 g/mol. The molecule has 0 saturated carbocycles. The Morgan fingerprint density at radius 1 is 0.781 bits per heavy atom. The topological polar surface area (TPSA) is 60.3 Å². The Hall–Kier alpha value is -3.99. The number of benzene rings is 3. The first-order valence-electron chi connectivity index (χ1n) is 10.6. The van der Waals surface area contributed by atoms with Crippen molar-refractivity contribution in [3.05, 3.63) is 90.4 Å². The number of oxazole rings is 1. The van der Waals surface area contributed by atoms with Gasteiger partial charge < -0.3 is 18.9 Å². The lowest BCUT2D eigenvalue weighted by molar-refractivity contribution is 0.414. The lowest BCUT2D eigenvalue weighted by Gasteiger charge is -2.04. The fourth-order valence-electron chi connectivity index (χ4n) is 3.93. The van der Waals surface area contributed by atoms with Crippen LogP contribution in [0.25, 0.3) is 33.5 Å². The zero-order valence-electron chi connectivity index (χ0n) is 18.1. The van der Waals surface area contributed by atoms with Crippen molar-refractivity contribution in [3.8, 4) is 34.1 Å². The monoisotopic (exact) mass is 424 g/mol. The van der Waals surface area contributed by atoms with Gasteiger partial charge in [-0.3, -0.25) is 0 Å². The van der Waals surface area contributed by atoms with Crippen molar-refractivity contribution < 1.29 is 13.9 Å². The average Bonchev–Trinajstić information content (AvgIpc) is 3.47. The number of aromatic amines is 1. The minimum atomic E-state index is 0.709. The first-order valence-corrected chi connectivity index (χ1v) is 10.6. The molecule has 0 atom stereocenters. The van der Waals surface area contributed by atoms with Gasteiger partial charge in [0.2, 0.25) is 0 Å². The van der Waals surface area contributed by atoms with Crippen LogP contribution in [0.1, 0.15) is 11.5 Å². The molecule has 0 radical (unpaired) electrons. The molecule has 0 amide bonds. The van der Waals surface area contributed by atoms with Gasteiger partial charge in [0.15, 0.2) is 11.7 Å². The number of para-hydroxylation sites is 1. The Kier molecular flexibility index (Phi) is 5.38. The summed E-state index contributed by atoms with van der Waals surface area (Å²) in [6.45, 7) is 0. The van der Waals surface area contributed by atoms with E-state index in [2.05, 4.69) is 29.4 Å². The molecule has 5 nitrogen and oxygen atoms in total. The van der Waals surface area contributed by atoms with E-state index < -0.39 is 0 Å². The minimum absolute atomic E-state index is 0.709. The van der Waals surface area contributed by atoms with E-state index in [1.54, 1.807) is 14.2 Å². The van der Waals surface area contributed by atoms with Gasteiger partial charge in [-0.2, -0.15) is 0 Å². The molecule has 0 unspecified atom stereocenters. The fraction of sp³-hybridized carbons (Fsp3) is 0.148. The van der Waals surface area contributed by atoms with Crippen LogP contribution in [0.5, 0.6) is 11.5 Å². The van der Waals surface area contributed by atoms with Gasteiger partial charge in [0, 0.05) is 34.6 Å². The minimum Gasteiger partial charge on any atom is -0.497 e. The van der Waals surface area contributed by atoms with Crippen LogP contribution in [-0.4, -0.2) is 24.2 Å². The van der Waals surface area contributed by atoms with E-state index >= 15 is 0 Å². The van der Waals surface area contributed by atoms with Crippen LogP contribution in [0, 0.1) is 0 Å².